The molecule has 1 unspecified atom stereocenters. The van der Waals surface area contributed by atoms with Crippen LogP contribution in [0.4, 0.5) is 0 Å². The second kappa shape index (κ2) is 5.35. The van der Waals surface area contributed by atoms with Gasteiger partial charge in [-0.1, -0.05) is 0 Å². The van der Waals surface area contributed by atoms with E-state index in [1.165, 1.54) is 0 Å². The number of carbonyl (C=O) groups is 1. The summed E-state index contributed by atoms with van der Waals surface area (Å²) in [6.45, 7) is 7.02. The molecule has 0 radical (unpaired) electrons. The van der Waals surface area contributed by atoms with Gasteiger partial charge in [0.2, 0.25) is 0 Å². The van der Waals surface area contributed by atoms with Gasteiger partial charge in [0.15, 0.2) is 0 Å². The minimum atomic E-state index is -0.484. The summed E-state index contributed by atoms with van der Waals surface area (Å²) in [7, 11) is 0. The Hall–Kier alpha value is -0.320. The number of carbonyl (C=O) groups excluding carboxylic acids is 1. The Kier molecular flexibility index (Phi) is 6.34. The van der Waals surface area contributed by atoms with E-state index in [0.29, 0.717) is 0 Å². The summed E-state index contributed by atoms with van der Waals surface area (Å²) < 4.78 is 0. The lowest BCUT2D eigenvalue weighted by Gasteiger charge is -2.17. The topological polar surface area (TPSA) is 64.3 Å². The zero-order valence-corrected chi connectivity index (χ0v) is 8.70. The van der Waals surface area contributed by atoms with Gasteiger partial charge in [0.1, 0.15) is 0 Å². The molecule has 4 nitrogen and oxygen atoms in total. The van der Waals surface area contributed by atoms with Gasteiger partial charge in [-0.15, -0.1) is 17.9 Å². The quantitative estimate of drug-likeness (QED) is 0.507. The van der Waals surface area contributed by atoms with Crippen molar-refractivity contribution < 1.29 is 9.63 Å². The number of hydrogen-bond donors (Lipinski definition) is 2. The van der Waals surface area contributed by atoms with Gasteiger partial charge in [-0.3, -0.25) is 0 Å². The van der Waals surface area contributed by atoms with Crippen molar-refractivity contribution in [2.45, 2.75) is 33.9 Å². The van der Waals surface area contributed by atoms with Crippen LogP contribution in [0.1, 0.15) is 27.7 Å². The number of nitrogens with one attached hydrogen (secondary N) is 1. The Balaban J connectivity index is 0. The van der Waals surface area contributed by atoms with E-state index in [1.54, 1.807) is 27.7 Å². The fourth-order valence-corrected chi connectivity index (χ4v) is 0.300. The van der Waals surface area contributed by atoms with E-state index in [9.17, 15) is 4.79 Å². The standard InChI is InChI=1S/C7H16N2O2.ClH/c1-5(8)9-11-6(10)7(2,3)4;/h5,9H,8H2,1-4H3;1H. The maximum atomic E-state index is 11.0. The molecule has 0 spiro atoms. The lowest BCUT2D eigenvalue weighted by atomic mass is 9.98. The van der Waals surface area contributed by atoms with Gasteiger partial charge in [-0.2, -0.15) is 0 Å². The van der Waals surface area contributed by atoms with Crippen LogP contribution in [-0.4, -0.2) is 12.1 Å². The molecule has 0 amide bonds. The average Bonchev–Trinajstić information content (AvgIpc) is 1.80. The molecule has 0 aliphatic heterocycles. The van der Waals surface area contributed by atoms with Crippen LogP contribution in [0.15, 0.2) is 0 Å². The van der Waals surface area contributed by atoms with E-state index < -0.39 is 5.41 Å². The van der Waals surface area contributed by atoms with E-state index in [-0.39, 0.29) is 24.5 Å². The first-order chi connectivity index (χ1) is 4.84. The Labute approximate surface area is 79.2 Å². The van der Waals surface area contributed by atoms with Crippen molar-refractivity contribution in [1.29, 1.82) is 0 Å². The number of rotatable bonds is 2. The van der Waals surface area contributed by atoms with Crippen LogP contribution < -0.4 is 11.2 Å². The maximum absolute atomic E-state index is 11.0. The fourth-order valence-electron chi connectivity index (χ4n) is 0.300. The molecule has 3 N–H and O–H groups in total. The summed E-state index contributed by atoms with van der Waals surface area (Å²) in [5, 5.41) is 0. The number of halogens is 1. The minimum absolute atomic E-state index is 0. The van der Waals surface area contributed by atoms with Crippen LogP contribution in [0, 0.1) is 5.41 Å². The molecule has 0 saturated carbocycles. The van der Waals surface area contributed by atoms with Gasteiger partial charge < -0.3 is 10.6 Å². The largest absolute Gasteiger partial charge is 0.369 e. The molecule has 0 aliphatic carbocycles. The van der Waals surface area contributed by atoms with Crippen molar-refractivity contribution in [2.75, 3.05) is 0 Å². The van der Waals surface area contributed by atoms with Crippen molar-refractivity contribution in [1.82, 2.24) is 5.48 Å². The first-order valence-corrected chi connectivity index (χ1v) is 3.56. The van der Waals surface area contributed by atoms with Gasteiger partial charge in [0.05, 0.1) is 11.6 Å². The van der Waals surface area contributed by atoms with Crippen molar-refractivity contribution in [2.24, 2.45) is 11.1 Å². The molecule has 0 aromatic heterocycles. The van der Waals surface area contributed by atoms with E-state index in [4.69, 9.17) is 5.73 Å². The zero-order valence-electron chi connectivity index (χ0n) is 7.88. The molecule has 0 aromatic rings. The molecule has 0 bridgehead atoms. The third-order valence-corrected chi connectivity index (χ3v) is 0.950. The van der Waals surface area contributed by atoms with Gasteiger partial charge in [0.25, 0.3) is 0 Å². The van der Waals surface area contributed by atoms with Gasteiger partial charge in [-0.25, -0.2) is 4.79 Å². The molecule has 5 heteroatoms. The van der Waals surface area contributed by atoms with Crippen molar-refractivity contribution in [3.8, 4) is 0 Å². The Morgan fingerprint density at radius 3 is 2.17 bits per heavy atom. The second-order valence-corrected chi connectivity index (χ2v) is 3.55. The van der Waals surface area contributed by atoms with Crippen LogP contribution in [0.2, 0.25) is 0 Å². The van der Waals surface area contributed by atoms with Crippen molar-refractivity contribution in [3.63, 3.8) is 0 Å². The predicted octanol–water partition coefficient (Wildman–Crippen LogP) is 0.807. The molecule has 74 valence electrons. The zero-order chi connectivity index (χ0) is 9.07. The number of nitrogens with two attached hydrogens (primary N) is 1. The summed E-state index contributed by atoms with van der Waals surface area (Å²) in [4.78, 5) is 15.7. The van der Waals surface area contributed by atoms with E-state index in [0.717, 1.165) is 0 Å². The monoisotopic (exact) mass is 196 g/mol. The van der Waals surface area contributed by atoms with Gasteiger partial charge in [0, 0.05) is 0 Å². The highest BCUT2D eigenvalue weighted by atomic mass is 35.5. The lowest BCUT2D eigenvalue weighted by molar-refractivity contribution is -0.162. The fraction of sp³-hybridized carbons (Fsp3) is 0.857. The second-order valence-electron chi connectivity index (χ2n) is 3.55. The Morgan fingerprint density at radius 1 is 1.50 bits per heavy atom. The summed E-state index contributed by atoms with van der Waals surface area (Å²) in [6.07, 6.45) is -0.332. The molecule has 0 heterocycles. The highest BCUT2D eigenvalue weighted by Crippen LogP contribution is 2.13. The maximum Gasteiger partial charge on any atom is 0.330 e. The molecule has 0 aromatic carbocycles. The molecule has 0 aliphatic rings. The van der Waals surface area contributed by atoms with Gasteiger partial charge in [-0.05, 0) is 27.7 Å². The normalized spacial score (nSPS) is 13.1. The van der Waals surface area contributed by atoms with Crippen LogP contribution in [-0.2, 0) is 9.63 Å². The van der Waals surface area contributed by atoms with Crippen molar-refractivity contribution in [3.05, 3.63) is 0 Å². The summed E-state index contributed by atoms with van der Waals surface area (Å²) in [5.74, 6) is -0.310. The SMILES string of the molecule is CC(N)NOC(=O)C(C)(C)C.Cl. The molecule has 0 saturated heterocycles. The van der Waals surface area contributed by atoms with Crippen LogP contribution in [0.25, 0.3) is 0 Å². The number of hydroxylamine groups is 1. The van der Waals surface area contributed by atoms with Crippen LogP contribution in [0.3, 0.4) is 0 Å². The highest BCUT2D eigenvalue weighted by Gasteiger charge is 2.23. The van der Waals surface area contributed by atoms with Crippen LogP contribution >= 0.6 is 12.4 Å². The molecular formula is C7H17ClN2O2. The third kappa shape index (κ3) is 6.39. The average molecular weight is 197 g/mol. The smallest absolute Gasteiger partial charge is 0.330 e. The Morgan fingerprint density at radius 2 is 1.92 bits per heavy atom. The Bertz CT molecular complexity index is 143. The molecule has 1 atom stereocenters. The molecular weight excluding hydrogens is 180 g/mol. The van der Waals surface area contributed by atoms with Gasteiger partial charge >= 0.3 is 5.97 Å². The molecule has 0 fully saturated rings. The summed E-state index contributed by atoms with van der Waals surface area (Å²) in [6, 6.07) is 0. The molecule has 0 rings (SSSR count). The van der Waals surface area contributed by atoms with E-state index in [2.05, 4.69) is 10.3 Å². The van der Waals surface area contributed by atoms with Crippen molar-refractivity contribution >= 4 is 18.4 Å². The third-order valence-electron chi connectivity index (χ3n) is 0.950. The summed E-state index contributed by atoms with van der Waals surface area (Å²) in [5.41, 5.74) is 7.19. The predicted molar refractivity (Wildman–Crippen MR) is 49.6 cm³/mol. The van der Waals surface area contributed by atoms with Crippen LogP contribution in [0.5, 0.6) is 0 Å². The summed E-state index contributed by atoms with van der Waals surface area (Å²) >= 11 is 0. The highest BCUT2D eigenvalue weighted by molar-refractivity contribution is 5.85. The molecule has 12 heavy (non-hydrogen) atoms. The van der Waals surface area contributed by atoms with E-state index >= 15 is 0 Å². The minimum Gasteiger partial charge on any atom is -0.369 e. The lowest BCUT2D eigenvalue weighted by Crippen LogP contribution is -2.39. The van der Waals surface area contributed by atoms with E-state index in [1.807, 2.05) is 0 Å². The first-order valence-electron chi connectivity index (χ1n) is 3.56. The number of hydrogen-bond acceptors (Lipinski definition) is 4. The first kappa shape index (κ1) is 14.2.